The molecule has 340 valence electrons. The highest BCUT2D eigenvalue weighted by Crippen LogP contribution is 2.49. The molecular formula is C66H76. The molecule has 3 unspecified atom stereocenters. The minimum absolute atomic E-state index is 0.538. The summed E-state index contributed by atoms with van der Waals surface area (Å²) in [5.41, 5.74) is 24.3. The van der Waals surface area contributed by atoms with Gasteiger partial charge < -0.3 is 0 Å². The van der Waals surface area contributed by atoms with Crippen LogP contribution in [0.5, 0.6) is 0 Å². The number of allylic oxidation sites excluding steroid dienone is 8. The second kappa shape index (κ2) is 23.1. The van der Waals surface area contributed by atoms with Gasteiger partial charge in [-0.15, -0.1) is 0 Å². The standard InChI is InChI=1S/C30H28.C24H28.C10H14.C2H6/c1-4-9-25-26-12-7-8-13-27(26)30-19-23(16-17-28(25)30)22-15-14-21(3)29(18-22)24-11-6-5-10-20(24)2;1-17-13-15-19(16-14-17)22-11-6-12-23(24(22)20-8-5-9-20)21-10-4-3-7-18(21)2;1-3-9(2)10-7-5-4-6-8-10;1-2/h5-8,10-19,25H,4,9H2,1-3H3;3,6-7,11-13,15-17,20H,4-5,8-10,14H2,1-2H3;4-9H,3H2,1-2H3;1-2H3. The van der Waals surface area contributed by atoms with Crippen molar-refractivity contribution in [2.45, 2.75) is 138 Å². The van der Waals surface area contributed by atoms with Gasteiger partial charge in [0.2, 0.25) is 0 Å². The van der Waals surface area contributed by atoms with Crippen molar-refractivity contribution in [3.05, 3.63) is 214 Å². The predicted molar refractivity (Wildman–Crippen MR) is 290 cm³/mol. The number of fused-ring (bicyclic) bond motifs is 3. The number of hydrogen-bond donors (Lipinski definition) is 0. The lowest BCUT2D eigenvalue weighted by Gasteiger charge is -2.32. The molecule has 0 saturated heterocycles. The van der Waals surface area contributed by atoms with E-state index in [1.165, 1.54) is 141 Å². The van der Waals surface area contributed by atoms with E-state index in [-0.39, 0.29) is 0 Å². The van der Waals surface area contributed by atoms with Gasteiger partial charge in [-0.2, -0.15) is 0 Å². The van der Waals surface area contributed by atoms with Crippen molar-refractivity contribution in [2.75, 3.05) is 0 Å². The lowest BCUT2D eigenvalue weighted by atomic mass is 9.72. The molecule has 1 saturated carbocycles. The Balaban J connectivity index is 0.000000160. The zero-order valence-corrected chi connectivity index (χ0v) is 41.8. The summed E-state index contributed by atoms with van der Waals surface area (Å²) in [4.78, 5) is 0. The zero-order valence-electron chi connectivity index (χ0n) is 41.8. The van der Waals surface area contributed by atoms with Crippen LogP contribution in [-0.2, 0) is 0 Å². The molecule has 0 nitrogen and oxygen atoms in total. The van der Waals surface area contributed by atoms with Crippen molar-refractivity contribution in [1.82, 2.24) is 0 Å². The second-order valence-electron chi connectivity index (χ2n) is 19.0. The number of hydrogen-bond acceptors (Lipinski definition) is 0. The van der Waals surface area contributed by atoms with Crippen LogP contribution in [0.2, 0.25) is 0 Å². The fourth-order valence-electron chi connectivity index (χ4n) is 10.3. The first-order valence-corrected chi connectivity index (χ1v) is 25.6. The summed E-state index contributed by atoms with van der Waals surface area (Å²) < 4.78 is 0. The lowest BCUT2D eigenvalue weighted by Crippen LogP contribution is -2.14. The van der Waals surface area contributed by atoms with Crippen LogP contribution < -0.4 is 0 Å². The van der Waals surface area contributed by atoms with Gasteiger partial charge in [0.05, 0.1) is 0 Å². The van der Waals surface area contributed by atoms with Crippen molar-refractivity contribution in [2.24, 2.45) is 5.92 Å². The molecule has 6 aromatic carbocycles. The van der Waals surface area contributed by atoms with Crippen molar-refractivity contribution in [3.63, 3.8) is 0 Å². The summed E-state index contributed by atoms with van der Waals surface area (Å²) in [6.07, 6.45) is 23.1. The molecule has 4 aliphatic carbocycles. The molecule has 0 heterocycles. The molecule has 1 fully saturated rings. The van der Waals surface area contributed by atoms with Gasteiger partial charge in [0.15, 0.2) is 0 Å². The molecule has 4 aliphatic rings. The molecule has 10 rings (SSSR count). The van der Waals surface area contributed by atoms with Gasteiger partial charge in [0.1, 0.15) is 0 Å². The maximum Gasteiger partial charge on any atom is 0.0102 e. The topological polar surface area (TPSA) is 0 Å². The maximum atomic E-state index is 2.45. The molecule has 0 aliphatic heterocycles. The van der Waals surface area contributed by atoms with E-state index < -0.39 is 0 Å². The summed E-state index contributed by atoms with van der Waals surface area (Å²) >= 11 is 0. The van der Waals surface area contributed by atoms with Crippen LogP contribution >= 0.6 is 0 Å². The van der Waals surface area contributed by atoms with Crippen LogP contribution in [0, 0.1) is 19.8 Å². The Hall–Kier alpha value is -5.72. The Morgan fingerprint density at radius 2 is 1.24 bits per heavy atom. The quantitative estimate of drug-likeness (QED) is 0.136. The summed E-state index contributed by atoms with van der Waals surface area (Å²) in [7, 11) is 0. The van der Waals surface area contributed by atoms with E-state index in [1.807, 2.05) is 13.8 Å². The zero-order chi connectivity index (χ0) is 46.6. The smallest absolute Gasteiger partial charge is 0.0102 e. The van der Waals surface area contributed by atoms with Gasteiger partial charge in [-0.3, -0.25) is 0 Å². The molecule has 6 aromatic rings. The van der Waals surface area contributed by atoms with Gasteiger partial charge >= 0.3 is 0 Å². The summed E-state index contributed by atoms with van der Waals surface area (Å²) in [5.74, 6) is 2.69. The van der Waals surface area contributed by atoms with Gasteiger partial charge in [-0.25, -0.2) is 0 Å². The van der Waals surface area contributed by atoms with Gasteiger partial charge in [0, 0.05) is 5.92 Å². The molecule has 0 spiro atoms. The van der Waals surface area contributed by atoms with Crippen LogP contribution in [0.25, 0.3) is 44.5 Å². The van der Waals surface area contributed by atoms with Gasteiger partial charge in [0.25, 0.3) is 0 Å². The number of rotatable bonds is 9. The van der Waals surface area contributed by atoms with E-state index in [1.54, 1.807) is 11.1 Å². The fourth-order valence-corrected chi connectivity index (χ4v) is 10.3. The maximum absolute atomic E-state index is 2.45. The van der Waals surface area contributed by atoms with E-state index in [4.69, 9.17) is 0 Å². The molecule has 66 heavy (non-hydrogen) atoms. The molecular weight excluding hydrogens is 793 g/mol. The first-order valence-electron chi connectivity index (χ1n) is 25.6. The minimum Gasteiger partial charge on any atom is -0.0839 e. The Kier molecular flexibility index (Phi) is 16.9. The third-order valence-corrected chi connectivity index (χ3v) is 14.6. The van der Waals surface area contributed by atoms with E-state index in [0.29, 0.717) is 17.8 Å². The first-order chi connectivity index (χ1) is 32.2. The minimum atomic E-state index is 0.538. The molecule has 0 aromatic heterocycles. The lowest BCUT2D eigenvalue weighted by molar-refractivity contribution is 0.418. The Morgan fingerprint density at radius 1 is 0.606 bits per heavy atom. The van der Waals surface area contributed by atoms with Crippen LogP contribution in [0.4, 0.5) is 0 Å². The first kappa shape index (κ1) is 48.2. The molecule has 3 atom stereocenters. The SMILES string of the molecule is CC.CC1=C(c2cccc(C3=CCC(C)C=C3)c2C2CCC2)CCC=C1.CCC(C)c1ccccc1.CCCC1c2ccccc2-c2cc(-c3ccc(C)c(-c4ccccc4C)c3)ccc21. The van der Waals surface area contributed by atoms with E-state index >= 15 is 0 Å². The third-order valence-electron chi connectivity index (χ3n) is 14.6. The summed E-state index contributed by atoms with van der Waals surface area (Å²) in [6, 6.07) is 49.3. The summed E-state index contributed by atoms with van der Waals surface area (Å²) in [5, 5.41) is 0. The molecule has 0 N–H and O–H groups in total. The average molecular weight is 869 g/mol. The van der Waals surface area contributed by atoms with Crippen LogP contribution in [0.15, 0.2) is 169 Å². The highest BCUT2D eigenvalue weighted by atomic mass is 14.3. The normalized spacial score (nSPS) is 17.4. The Labute approximate surface area is 400 Å². The molecule has 0 bridgehead atoms. The average Bonchev–Trinajstić information content (AvgIpc) is 3.65. The van der Waals surface area contributed by atoms with Crippen molar-refractivity contribution in [1.29, 1.82) is 0 Å². The molecule has 0 radical (unpaired) electrons. The summed E-state index contributed by atoms with van der Waals surface area (Å²) in [6.45, 7) is 19.8. The third kappa shape index (κ3) is 10.9. The molecule has 0 amide bonds. The van der Waals surface area contributed by atoms with Crippen molar-refractivity contribution in [3.8, 4) is 33.4 Å². The van der Waals surface area contributed by atoms with E-state index in [2.05, 4.69) is 212 Å². The Bertz CT molecular complexity index is 2670. The number of benzene rings is 6. The van der Waals surface area contributed by atoms with Crippen LogP contribution in [-0.4, -0.2) is 0 Å². The highest BCUT2D eigenvalue weighted by Gasteiger charge is 2.29. The van der Waals surface area contributed by atoms with Gasteiger partial charge in [-0.05, 0) is 190 Å². The highest BCUT2D eigenvalue weighted by molar-refractivity contribution is 5.85. The fraction of sp³-hybridized carbons (Fsp3) is 0.333. The largest absolute Gasteiger partial charge is 0.0839 e. The van der Waals surface area contributed by atoms with Crippen molar-refractivity contribution >= 4 is 11.1 Å². The van der Waals surface area contributed by atoms with E-state index in [9.17, 15) is 0 Å². The van der Waals surface area contributed by atoms with Crippen LogP contribution in [0.1, 0.15) is 169 Å². The monoisotopic (exact) mass is 869 g/mol. The van der Waals surface area contributed by atoms with Crippen LogP contribution in [0.3, 0.4) is 0 Å². The Morgan fingerprint density at radius 3 is 1.91 bits per heavy atom. The second-order valence-corrected chi connectivity index (χ2v) is 19.0. The van der Waals surface area contributed by atoms with E-state index in [0.717, 1.165) is 5.92 Å². The molecule has 0 heteroatoms. The van der Waals surface area contributed by atoms with Crippen molar-refractivity contribution < 1.29 is 0 Å². The predicted octanol–water partition coefficient (Wildman–Crippen LogP) is 19.8. The number of aryl methyl sites for hydroxylation is 2. The van der Waals surface area contributed by atoms with Gasteiger partial charge in [-0.1, -0.05) is 206 Å².